The maximum absolute atomic E-state index is 6.57. The highest BCUT2D eigenvalue weighted by Gasteiger charge is 2.40. The minimum Gasteiger partial charge on any atom is -0.458 e. The second-order valence-corrected chi connectivity index (χ2v) is 8.83. The summed E-state index contributed by atoms with van der Waals surface area (Å²) in [5.41, 5.74) is 8.98. The van der Waals surface area contributed by atoms with Crippen LogP contribution in [-0.2, 0) is 0 Å². The molecular formula is C30H20BNO2. The lowest BCUT2D eigenvalue weighted by molar-refractivity contribution is 0.465. The molecule has 0 spiro atoms. The molecule has 0 aliphatic carbocycles. The van der Waals surface area contributed by atoms with E-state index in [9.17, 15) is 0 Å². The van der Waals surface area contributed by atoms with Crippen LogP contribution >= 0.6 is 0 Å². The molecule has 0 radical (unpaired) electrons. The van der Waals surface area contributed by atoms with E-state index in [1.807, 2.05) is 37.4 Å². The Morgan fingerprint density at radius 2 is 1.29 bits per heavy atom. The van der Waals surface area contributed by atoms with Crippen molar-refractivity contribution in [3.8, 4) is 45.3 Å². The van der Waals surface area contributed by atoms with Gasteiger partial charge in [0.15, 0.2) is 0 Å². The molecular weight excluding hydrogens is 417 g/mol. The van der Waals surface area contributed by atoms with Crippen LogP contribution in [0.25, 0.3) is 22.3 Å². The molecule has 160 valence electrons. The molecule has 4 aromatic carbocycles. The molecule has 7 rings (SSSR count). The number of pyridine rings is 1. The minimum absolute atomic E-state index is 0.0823. The van der Waals surface area contributed by atoms with Gasteiger partial charge in [-0.05, 0) is 70.9 Å². The number of benzene rings is 4. The molecule has 2 aliphatic heterocycles. The van der Waals surface area contributed by atoms with Crippen molar-refractivity contribution >= 4 is 23.1 Å². The van der Waals surface area contributed by atoms with Gasteiger partial charge in [-0.25, -0.2) is 0 Å². The number of para-hydroxylation sites is 2. The van der Waals surface area contributed by atoms with Crippen LogP contribution in [-0.4, -0.2) is 11.7 Å². The summed E-state index contributed by atoms with van der Waals surface area (Å²) in [6.07, 6.45) is 1.86. The van der Waals surface area contributed by atoms with Crippen molar-refractivity contribution in [2.45, 2.75) is 6.92 Å². The van der Waals surface area contributed by atoms with Gasteiger partial charge in [0, 0.05) is 22.9 Å². The van der Waals surface area contributed by atoms with Crippen molar-refractivity contribution in [1.29, 1.82) is 0 Å². The van der Waals surface area contributed by atoms with Crippen LogP contribution in [0.3, 0.4) is 0 Å². The van der Waals surface area contributed by atoms with Crippen LogP contribution < -0.4 is 25.9 Å². The van der Waals surface area contributed by atoms with E-state index in [1.54, 1.807) is 0 Å². The van der Waals surface area contributed by atoms with Crippen molar-refractivity contribution in [2.75, 3.05) is 0 Å². The summed E-state index contributed by atoms with van der Waals surface area (Å²) < 4.78 is 12.9. The Balaban J connectivity index is 1.39. The second kappa shape index (κ2) is 7.36. The maximum atomic E-state index is 6.57. The molecule has 0 fully saturated rings. The lowest BCUT2D eigenvalue weighted by Crippen LogP contribution is -2.57. The molecule has 0 N–H and O–H groups in total. The summed E-state index contributed by atoms with van der Waals surface area (Å²) in [6, 6.07) is 33.6. The molecule has 4 heteroatoms. The molecule has 0 saturated carbocycles. The van der Waals surface area contributed by atoms with Gasteiger partial charge in [0.1, 0.15) is 23.0 Å². The van der Waals surface area contributed by atoms with Gasteiger partial charge >= 0.3 is 0 Å². The standard InChI is InChI=1S/C30H20BNO2/c1-19-18-22(16-17-32-19)20-10-12-21(13-11-20)23-14-15-28-29-30(23)34-27-9-5-3-7-25(27)31(29)24-6-2-4-8-26(24)33-28/h2-18H,1H3. The lowest BCUT2D eigenvalue weighted by Gasteiger charge is -2.33. The summed E-state index contributed by atoms with van der Waals surface area (Å²) in [5.74, 6) is 3.55. The van der Waals surface area contributed by atoms with Crippen LogP contribution in [0.1, 0.15) is 5.69 Å². The van der Waals surface area contributed by atoms with Gasteiger partial charge in [0.2, 0.25) is 0 Å². The number of aromatic nitrogens is 1. The summed E-state index contributed by atoms with van der Waals surface area (Å²) in [5, 5.41) is 0. The Kier molecular flexibility index (Phi) is 4.15. The third-order valence-corrected chi connectivity index (χ3v) is 6.76. The number of hydrogen-bond donors (Lipinski definition) is 0. The van der Waals surface area contributed by atoms with Crippen LogP contribution in [0.2, 0.25) is 0 Å². The van der Waals surface area contributed by atoms with Crippen LogP contribution in [0.15, 0.2) is 103 Å². The maximum Gasteiger partial charge on any atom is 0.260 e. The van der Waals surface area contributed by atoms with E-state index in [0.717, 1.165) is 45.3 Å². The fourth-order valence-electron chi connectivity index (χ4n) is 5.18. The first-order chi connectivity index (χ1) is 16.8. The van der Waals surface area contributed by atoms with Crippen molar-refractivity contribution < 1.29 is 9.47 Å². The Morgan fingerprint density at radius 1 is 0.618 bits per heavy atom. The van der Waals surface area contributed by atoms with Gasteiger partial charge in [0.05, 0.1) is 0 Å². The molecule has 3 heterocycles. The second-order valence-electron chi connectivity index (χ2n) is 8.83. The lowest BCUT2D eigenvalue weighted by atomic mass is 9.34. The third-order valence-electron chi connectivity index (χ3n) is 6.76. The van der Waals surface area contributed by atoms with Crippen LogP contribution in [0, 0.1) is 6.92 Å². The first-order valence-corrected chi connectivity index (χ1v) is 11.5. The Labute approximate surface area is 198 Å². The number of rotatable bonds is 2. The highest BCUT2D eigenvalue weighted by atomic mass is 16.5. The first kappa shape index (κ1) is 19.2. The summed E-state index contributed by atoms with van der Waals surface area (Å²) in [6.45, 7) is 2.10. The Hall–Kier alpha value is -4.31. The molecule has 0 amide bonds. The minimum atomic E-state index is 0.0823. The highest BCUT2D eigenvalue weighted by molar-refractivity contribution is 6.98. The number of hydrogen-bond acceptors (Lipinski definition) is 3. The summed E-state index contributed by atoms with van der Waals surface area (Å²) in [4.78, 5) is 4.31. The van der Waals surface area contributed by atoms with Gasteiger partial charge in [-0.3, -0.25) is 4.98 Å². The molecule has 0 saturated heterocycles. The zero-order valence-electron chi connectivity index (χ0n) is 18.7. The average Bonchev–Trinajstić information content (AvgIpc) is 2.89. The Morgan fingerprint density at radius 3 is 2.03 bits per heavy atom. The molecule has 1 aromatic heterocycles. The fraction of sp³-hybridized carbons (Fsp3) is 0.0333. The van der Waals surface area contributed by atoms with Crippen LogP contribution in [0.4, 0.5) is 0 Å². The van der Waals surface area contributed by atoms with E-state index in [2.05, 4.69) is 77.8 Å². The normalized spacial score (nSPS) is 12.7. The monoisotopic (exact) mass is 437 g/mol. The quantitative estimate of drug-likeness (QED) is 0.337. The van der Waals surface area contributed by atoms with Crippen molar-refractivity contribution in [1.82, 2.24) is 4.98 Å². The largest absolute Gasteiger partial charge is 0.458 e. The molecule has 0 atom stereocenters. The van der Waals surface area contributed by atoms with Crippen molar-refractivity contribution in [3.63, 3.8) is 0 Å². The van der Waals surface area contributed by atoms with Gasteiger partial charge in [-0.2, -0.15) is 0 Å². The molecule has 3 nitrogen and oxygen atoms in total. The zero-order valence-corrected chi connectivity index (χ0v) is 18.7. The predicted octanol–water partition coefficient (Wildman–Crippen LogP) is 5.45. The topological polar surface area (TPSA) is 31.4 Å². The first-order valence-electron chi connectivity index (χ1n) is 11.5. The molecule has 34 heavy (non-hydrogen) atoms. The number of ether oxygens (including phenoxy) is 2. The van der Waals surface area contributed by atoms with E-state index in [1.165, 1.54) is 22.1 Å². The SMILES string of the molecule is Cc1cc(-c2ccc(-c3ccc4c5c3Oc3ccccc3B5c3ccccc3O4)cc2)ccn1. The van der Waals surface area contributed by atoms with Gasteiger partial charge in [0.25, 0.3) is 6.71 Å². The Bertz CT molecular complexity index is 1560. The smallest absolute Gasteiger partial charge is 0.260 e. The van der Waals surface area contributed by atoms with Crippen molar-refractivity contribution in [2.24, 2.45) is 0 Å². The highest BCUT2D eigenvalue weighted by Crippen LogP contribution is 2.40. The number of nitrogens with zero attached hydrogens (tertiary/aromatic N) is 1. The summed E-state index contributed by atoms with van der Waals surface area (Å²) >= 11 is 0. The predicted molar refractivity (Wildman–Crippen MR) is 138 cm³/mol. The van der Waals surface area contributed by atoms with E-state index >= 15 is 0 Å². The van der Waals surface area contributed by atoms with Gasteiger partial charge in [-0.15, -0.1) is 0 Å². The van der Waals surface area contributed by atoms with E-state index in [-0.39, 0.29) is 6.71 Å². The fourth-order valence-corrected chi connectivity index (χ4v) is 5.18. The van der Waals surface area contributed by atoms with Crippen molar-refractivity contribution in [3.05, 3.63) is 109 Å². The van der Waals surface area contributed by atoms with E-state index < -0.39 is 0 Å². The molecule has 5 aromatic rings. The average molecular weight is 437 g/mol. The molecule has 0 unspecified atom stereocenters. The van der Waals surface area contributed by atoms with Gasteiger partial charge in [-0.1, -0.05) is 60.7 Å². The van der Waals surface area contributed by atoms with E-state index in [4.69, 9.17) is 9.47 Å². The van der Waals surface area contributed by atoms with E-state index in [0.29, 0.717) is 0 Å². The summed E-state index contributed by atoms with van der Waals surface area (Å²) in [7, 11) is 0. The molecule has 0 bridgehead atoms. The third kappa shape index (κ3) is 2.89. The zero-order chi connectivity index (χ0) is 22.6. The van der Waals surface area contributed by atoms with Crippen LogP contribution in [0.5, 0.6) is 23.0 Å². The molecule has 2 aliphatic rings. The van der Waals surface area contributed by atoms with Gasteiger partial charge < -0.3 is 9.47 Å². The number of aryl methyl sites for hydroxylation is 1. The number of fused-ring (bicyclic) bond motifs is 4.